The van der Waals surface area contributed by atoms with Gasteiger partial charge >= 0.3 is 0 Å². The van der Waals surface area contributed by atoms with Gasteiger partial charge in [0.05, 0.1) is 5.56 Å². The molecule has 0 aliphatic carbocycles. The highest BCUT2D eigenvalue weighted by Gasteiger charge is 2.21. The number of rotatable bonds is 3. The van der Waals surface area contributed by atoms with Crippen molar-refractivity contribution in [3.05, 3.63) is 34.1 Å². The van der Waals surface area contributed by atoms with E-state index in [2.05, 4.69) is 15.9 Å². The van der Waals surface area contributed by atoms with Gasteiger partial charge in [-0.3, -0.25) is 4.79 Å². The fraction of sp³-hybridized carbons (Fsp3) is 0.364. The molecule has 0 aliphatic rings. The summed E-state index contributed by atoms with van der Waals surface area (Å²) in [6.45, 7) is 3.44. The molecule has 0 amide bonds. The van der Waals surface area contributed by atoms with Gasteiger partial charge in [-0.05, 0) is 25.1 Å². The molecular formula is C11H13BrFNO. The van der Waals surface area contributed by atoms with Gasteiger partial charge in [0.2, 0.25) is 0 Å². The molecule has 0 saturated heterocycles. The maximum atomic E-state index is 13.4. The van der Waals surface area contributed by atoms with Crippen LogP contribution in [0.25, 0.3) is 0 Å². The van der Waals surface area contributed by atoms with E-state index in [1.807, 2.05) is 0 Å². The average molecular weight is 274 g/mol. The van der Waals surface area contributed by atoms with Crippen LogP contribution in [-0.2, 0) is 0 Å². The molecule has 1 rings (SSSR count). The molecule has 0 spiro atoms. The second kappa shape index (κ2) is 4.86. The normalized spacial score (nSPS) is 14.7. The molecule has 2 N–H and O–H groups in total. The average Bonchev–Trinajstić information content (AvgIpc) is 2.19. The van der Waals surface area contributed by atoms with Crippen molar-refractivity contribution in [2.45, 2.75) is 19.9 Å². The molecule has 1 aromatic carbocycles. The molecule has 1 aromatic rings. The second-order valence-corrected chi connectivity index (χ2v) is 4.55. The molecule has 0 fully saturated rings. The Morgan fingerprint density at radius 3 is 2.60 bits per heavy atom. The number of hydrogen-bond donors (Lipinski definition) is 1. The maximum absolute atomic E-state index is 13.4. The first-order valence-corrected chi connectivity index (χ1v) is 5.47. The Kier molecular flexibility index (Phi) is 3.99. The van der Waals surface area contributed by atoms with Crippen LogP contribution in [0.15, 0.2) is 22.7 Å². The van der Waals surface area contributed by atoms with Gasteiger partial charge in [0, 0.05) is 16.4 Å². The van der Waals surface area contributed by atoms with Gasteiger partial charge in [0.15, 0.2) is 5.78 Å². The number of halogens is 2. The van der Waals surface area contributed by atoms with Crippen molar-refractivity contribution < 1.29 is 9.18 Å². The first kappa shape index (κ1) is 12.3. The van der Waals surface area contributed by atoms with Crippen molar-refractivity contribution in [3.63, 3.8) is 0 Å². The van der Waals surface area contributed by atoms with Crippen LogP contribution in [0.1, 0.15) is 24.2 Å². The van der Waals surface area contributed by atoms with Crippen molar-refractivity contribution in [1.29, 1.82) is 0 Å². The Balaban J connectivity index is 3.05. The molecule has 2 unspecified atom stereocenters. The SMILES string of the molecule is CC(N)C(C)C(=O)c1cc(Br)ccc1F. The van der Waals surface area contributed by atoms with Crippen LogP contribution in [-0.4, -0.2) is 11.8 Å². The first-order valence-electron chi connectivity index (χ1n) is 4.68. The minimum absolute atomic E-state index is 0.0918. The third-order valence-electron chi connectivity index (χ3n) is 2.40. The molecule has 2 atom stereocenters. The van der Waals surface area contributed by atoms with Crippen LogP contribution in [0, 0.1) is 11.7 Å². The van der Waals surface area contributed by atoms with E-state index >= 15 is 0 Å². The summed E-state index contributed by atoms with van der Waals surface area (Å²) in [6.07, 6.45) is 0. The minimum Gasteiger partial charge on any atom is -0.327 e. The molecule has 2 nitrogen and oxygen atoms in total. The molecule has 0 heterocycles. The second-order valence-electron chi connectivity index (χ2n) is 3.64. The van der Waals surface area contributed by atoms with Gasteiger partial charge < -0.3 is 5.73 Å². The van der Waals surface area contributed by atoms with Crippen LogP contribution in [0.5, 0.6) is 0 Å². The van der Waals surface area contributed by atoms with E-state index < -0.39 is 5.82 Å². The van der Waals surface area contributed by atoms with Crippen LogP contribution >= 0.6 is 15.9 Å². The van der Waals surface area contributed by atoms with Crippen LogP contribution in [0.3, 0.4) is 0 Å². The molecule has 0 bridgehead atoms. The van der Waals surface area contributed by atoms with E-state index in [9.17, 15) is 9.18 Å². The van der Waals surface area contributed by atoms with E-state index in [1.54, 1.807) is 19.9 Å². The molecule has 15 heavy (non-hydrogen) atoms. The zero-order valence-electron chi connectivity index (χ0n) is 8.63. The number of Topliss-reactive ketones (excluding diaryl/α,β-unsaturated/α-hetero) is 1. The number of benzene rings is 1. The molecule has 0 radical (unpaired) electrons. The van der Waals surface area contributed by atoms with Crippen LogP contribution in [0.4, 0.5) is 4.39 Å². The number of ketones is 1. The zero-order valence-corrected chi connectivity index (χ0v) is 10.2. The Labute approximate surface area is 96.8 Å². The van der Waals surface area contributed by atoms with Gasteiger partial charge in [-0.1, -0.05) is 22.9 Å². The monoisotopic (exact) mass is 273 g/mol. The Hall–Kier alpha value is -0.740. The fourth-order valence-electron chi connectivity index (χ4n) is 1.17. The van der Waals surface area contributed by atoms with E-state index in [-0.39, 0.29) is 23.3 Å². The fourth-order valence-corrected chi connectivity index (χ4v) is 1.53. The molecule has 0 aromatic heterocycles. The van der Waals surface area contributed by atoms with Crippen molar-refractivity contribution in [2.24, 2.45) is 11.7 Å². The lowest BCUT2D eigenvalue weighted by molar-refractivity contribution is 0.0913. The standard InChI is InChI=1S/C11H13BrFNO/c1-6(7(2)14)11(15)9-5-8(12)3-4-10(9)13/h3-7H,14H2,1-2H3. The van der Waals surface area contributed by atoms with Crippen molar-refractivity contribution in [2.75, 3.05) is 0 Å². The highest BCUT2D eigenvalue weighted by Crippen LogP contribution is 2.19. The summed E-state index contributed by atoms with van der Waals surface area (Å²) in [4.78, 5) is 11.8. The Morgan fingerprint density at radius 1 is 1.47 bits per heavy atom. The Morgan fingerprint density at radius 2 is 2.07 bits per heavy atom. The summed E-state index contributed by atoms with van der Waals surface area (Å²) >= 11 is 3.20. The predicted molar refractivity (Wildman–Crippen MR) is 61.2 cm³/mol. The smallest absolute Gasteiger partial charge is 0.170 e. The lowest BCUT2D eigenvalue weighted by Gasteiger charge is -2.14. The van der Waals surface area contributed by atoms with Gasteiger partial charge in [-0.15, -0.1) is 0 Å². The number of nitrogens with two attached hydrogens (primary N) is 1. The summed E-state index contributed by atoms with van der Waals surface area (Å²) in [5, 5.41) is 0. The van der Waals surface area contributed by atoms with E-state index in [4.69, 9.17) is 5.73 Å². The molecule has 82 valence electrons. The summed E-state index contributed by atoms with van der Waals surface area (Å²) in [6, 6.07) is 4.03. The van der Waals surface area contributed by atoms with Gasteiger partial charge in [0.25, 0.3) is 0 Å². The van der Waals surface area contributed by atoms with Crippen molar-refractivity contribution >= 4 is 21.7 Å². The summed E-state index contributed by atoms with van der Waals surface area (Å²) in [7, 11) is 0. The topological polar surface area (TPSA) is 43.1 Å². The van der Waals surface area contributed by atoms with E-state index in [1.165, 1.54) is 12.1 Å². The summed E-state index contributed by atoms with van der Waals surface area (Å²) in [5.41, 5.74) is 5.70. The Bertz CT molecular complexity index is 379. The molecule has 0 aliphatic heterocycles. The first-order chi connectivity index (χ1) is 6.93. The third kappa shape index (κ3) is 2.86. The largest absolute Gasteiger partial charge is 0.327 e. The summed E-state index contributed by atoms with van der Waals surface area (Å²) < 4.78 is 14.0. The van der Waals surface area contributed by atoms with Crippen LogP contribution < -0.4 is 5.73 Å². The van der Waals surface area contributed by atoms with Gasteiger partial charge in [-0.25, -0.2) is 4.39 Å². The zero-order chi connectivity index (χ0) is 11.6. The van der Waals surface area contributed by atoms with Crippen LogP contribution in [0.2, 0.25) is 0 Å². The quantitative estimate of drug-likeness (QED) is 0.861. The lowest BCUT2D eigenvalue weighted by Crippen LogP contribution is -2.31. The van der Waals surface area contributed by atoms with Crippen molar-refractivity contribution in [1.82, 2.24) is 0 Å². The summed E-state index contributed by atoms with van der Waals surface area (Å²) in [5.74, 6) is -1.15. The number of carbonyl (C=O) groups is 1. The minimum atomic E-state index is -0.504. The molecular weight excluding hydrogens is 261 g/mol. The molecule has 4 heteroatoms. The number of hydrogen-bond acceptors (Lipinski definition) is 2. The number of carbonyl (C=O) groups excluding carboxylic acids is 1. The van der Waals surface area contributed by atoms with E-state index in [0.717, 1.165) is 0 Å². The maximum Gasteiger partial charge on any atom is 0.170 e. The lowest BCUT2D eigenvalue weighted by atomic mass is 9.94. The predicted octanol–water partition coefficient (Wildman–Crippen LogP) is 2.75. The van der Waals surface area contributed by atoms with Gasteiger partial charge in [0.1, 0.15) is 5.82 Å². The van der Waals surface area contributed by atoms with Gasteiger partial charge in [-0.2, -0.15) is 0 Å². The van der Waals surface area contributed by atoms with Crippen molar-refractivity contribution in [3.8, 4) is 0 Å². The highest BCUT2D eigenvalue weighted by atomic mass is 79.9. The van der Waals surface area contributed by atoms with E-state index in [0.29, 0.717) is 4.47 Å². The highest BCUT2D eigenvalue weighted by molar-refractivity contribution is 9.10. The third-order valence-corrected chi connectivity index (χ3v) is 2.89. The molecule has 0 saturated carbocycles.